The number of carboxylic acids is 1. The first kappa shape index (κ1) is 15.8. The van der Waals surface area contributed by atoms with Crippen LogP contribution in [-0.2, 0) is 4.79 Å². The van der Waals surface area contributed by atoms with Crippen molar-refractivity contribution in [3.05, 3.63) is 0 Å². The lowest BCUT2D eigenvalue weighted by Crippen LogP contribution is -2.54. The van der Waals surface area contributed by atoms with E-state index in [1.807, 2.05) is 13.8 Å². The summed E-state index contributed by atoms with van der Waals surface area (Å²) in [6.45, 7) is 8.91. The van der Waals surface area contributed by atoms with Gasteiger partial charge in [0.1, 0.15) is 0 Å². The zero-order valence-electron chi connectivity index (χ0n) is 12.4. The monoisotopic (exact) mass is 270 g/mol. The number of aliphatic carboxylic acids is 1. The van der Waals surface area contributed by atoms with Crippen LogP contribution in [0.5, 0.6) is 0 Å². The summed E-state index contributed by atoms with van der Waals surface area (Å²) in [5, 5.41) is 12.3. The molecule has 0 aromatic heterocycles. The van der Waals surface area contributed by atoms with E-state index in [2.05, 4.69) is 19.2 Å². The van der Waals surface area contributed by atoms with Crippen LogP contribution in [0.2, 0.25) is 0 Å². The van der Waals surface area contributed by atoms with Crippen molar-refractivity contribution in [2.24, 2.45) is 11.3 Å². The molecule has 5 nitrogen and oxygen atoms in total. The lowest BCUT2D eigenvalue weighted by molar-refractivity contribution is -0.152. The van der Waals surface area contributed by atoms with Crippen LogP contribution in [0.3, 0.4) is 0 Å². The Morgan fingerprint density at radius 3 is 2.47 bits per heavy atom. The van der Waals surface area contributed by atoms with Crippen molar-refractivity contribution >= 4 is 12.0 Å². The molecule has 1 aliphatic rings. The van der Waals surface area contributed by atoms with E-state index in [0.717, 1.165) is 6.42 Å². The number of carbonyl (C=O) groups is 2. The molecule has 19 heavy (non-hydrogen) atoms. The highest BCUT2D eigenvalue weighted by Gasteiger charge is 2.42. The van der Waals surface area contributed by atoms with Crippen LogP contribution in [0.4, 0.5) is 4.79 Å². The van der Waals surface area contributed by atoms with Crippen LogP contribution in [-0.4, -0.2) is 41.1 Å². The predicted molar refractivity (Wildman–Crippen MR) is 74.0 cm³/mol. The van der Waals surface area contributed by atoms with Crippen molar-refractivity contribution in [2.75, 3.05) is 13.1 Å². The zero-order valence-corrected chi connectivity index (χ0v) is 12.4. The van der Waals surface area contributed by atoms with Crippen molar-refractivity contribution in [2.45, 2.75) is 53.0 Å². The Labute approximate surface area is 115 Å². The van der Waals surface area contributed by atoms with Gasteiger partial charge in [-0.15, -0.1) is 0 Å². The van der Waals surface area contributed by atoms with E-state index in [1.165, 1.54) is 0 Å². The van der Waals surface area contributed by atoms with E-state index in [1.54, 1.807) is 4.90 Å². The SMILES string of the molecule is CCC1(C(=O)O)CCCN(C(=O)NC(C)C(C)C)C1. The number of urea groups is 1. The fraction of sp³-hybridized carbons (Fsp3) is 0.857. The van der Waals surface area contributed by atoms with E-state index in [9.17, 15) is 14.7 Å². The van der Waals surface area contributed by atoms with E-state index in [0.29, 0.717) is 31.8 Å². The zero-order chi connectivity index (χ0) is 14.6. The van der Waals surface area contributed by atoms with Gasteiger partial charge in [-0.3, -0.25) is 4.79 Å². The largest absolute Gasteiger partial charge is 0.481 e. The molecule has 0 aromatic rings. The van der Waals surface area contributed by atoms with Crippen LogP contribution in [0.25, 0.3) is 0 Å². The van der Waals surface area contributed by atoms with Crippen molar-refractivity contribution in [3.63, 3.8) is 0 Å². The second kappa shape index (κ2) is 6.26. The second-order valence-corrected chi connectivity index (χ2v) is 5.95. The van der Waals surface area contributed by atoms with Gasteiger partial charge in [0, 0.05) is 19.1 Å². The second-order valence-electron chi connectivity index (χ2n) is 5.95. The number of piperidine rings is 1. The van der Waals surface area contributed by atoms with Crippen LogP contribution >= 0.6 is 0 Å². The highest BCUT2D eigenvalue weighted by molar-refractivity contribution is 5.78. The van der Waals surface area contributed by atoms with Gasteiger partial charge < -0.3 is 15.3 Å². The van der Waals surface area contributed by atoms with Gasteiger partial charge in [-0.2, -0.15) is 0 Å². The Bertz CT molecular complexity index is 344. The summed E-state index contributed by atoms with van der Waals surface area (Å²) in [5.41, 5.74) is -0.767. The summed E-state index contributed by atoms with van der Waals surface area (Å²) >= 11 is 0. The number of amides is 2. The molecule has 2 N–H and O–H groups in total. The molecule has 0 radical (unpaired) electrons. The van der Waals surface area contributed by atoms with Gasteiger partial charge in [-0.05, 0) is 32.1 Å². The summed E-state index contributed by atoms with van der Waals surface area (Å²) in [7, 11) is 0. The number of nitrogens with zero attached hydrogens (tertiary/aromatic N) is 1. The number of carboxylic acid groups (broad SMARTS) is 1. The number of carbonyl (C=O) groups excluding carboxylic acids is 1. The number of likely N-dealkylation sites (tertiary alicyclic amines) is 1. The quantitative estimate of drug-likeness (QED) is 0.823. The van der Waals surface area contributed by atoms with Gasteiger partial charge in [0.05, 0.1) is 5.41 Å². The molecule has 0 aromatic carbocycles. The molecule has 110 valence electrons. The summed E-state index contributed by atoms with van der Waals surface area (Å²) in [6, 6.07) is -0.0461. The third-order valence-corrected chi connectivity index (χ3v) is 4.35. The Morgan fingerprint density at radius 2 is 2.00 bits per heavy atom. The smallest absolute Gasteiger partial charge is 0.317 e. The molecule has 2 unspecified atom stereocenters. The molecule has 1 aliphatic heterocycles. The molecule has 0 aliphatic carbocycles. The van der Waals surface area contributed by atoms with Gasteiger partial charge in [0.25, 0.3) is 0 Å². The molecule has 0 bridgehead atoms. The molecule has 0 saturated carbocycles. The molecule has 1 rings (SSSR count). The molecule has 1 saturated heterocycles. The molecule has 0 spiro atoms. The maximum absolute atomic E-state index is 12.2. The van der Waals surface area contributed by atoms with E-state index in [-0.39, 0.29) is 12.1 Å². The molecule has 5 heteroatoms. The first-order chi connectivity index (χ1) is 8.82. The number of nitrogens with one attached hydrogen (secondary N) is 1. The fourth-order valence-corrected chi connectivity index (χ4v) is 2.37. The minimum atomic E-state index is -0.788. The van der Waals surface area contributed by atoms with Gasteiger partial charge >= 0.3 is 12.0 Å². The van der Waals surface area contributed by atoms with E-state index >= 15 is 0 Å². The predicted octanol–water partition coefficient (Wildman–Crippen LogP) is 2.32. The number of hydrogen-bond acceptors (Lipinski definition) is 2. The molecule has 2 amide bonds. The topological polar surface area (TPSA) is 69.6 Å². The standard InChI is InChI=1S/C14H26N2O3/c1-5-14(12(17)18)7-6-8-16(9-14)13(19)15-11(4)10(2)3/h10-11H,5-9H2,1-4H3,(H,15,19)(H,17,18). The summed E-state index contributed by atoms with van der Waals surface area (Å²) in [4.78, 5) is 25.3. The van der Waals surface area contributed by atoms with Crippen molar-refractivity contribution in [1.29, 1.82) is 0 Å². The summed E-state index contributed by atoms with van der Waals surface area (Å²) in [6.07, 6.45) is 1.97. The highest BCUT2D eigenvalue weighted by Crippen LogP contribution is 2.33. The molecule has 2 atom stereocenters. The highest BCUT2D eigenvalue weighted by atomic mass is 16.4. The lowest BCUT2D eigenvalue weighted by atomic mass is 9.78. The summed E-state index contributed by atoms with van der Waals surface area (Å²) in [5.74, 6) is -0.423. The minimum Gasteiger partial charge on any atom is -0.481 e. The maximum atomic E-state index is 12.2. The molecule has 1 fully saturated rings. The Kier molecular flexibility index (Phi) is 5.20. The average molecular weight is 270 g/mol. The third kappa shape index (κ3) is 3.61. The van der Waals surface area contributed by atoms with Gasteiger partial charge in [0.2, 0.25) is 0 Å². The lowest BCUT2D eigenvalue weighted by Gasteiger charge is -2.39. The van der Waals surface area contributed by atoms with E-state index in [4.69, 9.17) is 0 Å². The Balaban J connectivity index is 2.69. The molecule has 1 heterocycles. The summed E-state index contributed by atoms with van der Waals surface area (Å²) < 4.78 is 0. The van der Waals surface area contributed by atoms with Crippen molar-refractivity contribution in [1.82, 2.24) is 10.2 Å². The molecular formula is C14H26N2O3. The van der Waals surface area contributed by atoms with Crippen LogP contribution < -0.4 is 5.32 Å². The fourth-order valence-electron chi connectivity index (χ4n) is 2.37. The van der Waals surface area contributed by atoms with Crippen molar-refractivity contribution < 1.29 is 14.7 Å². The van der Waals surface area contributed by atoms with Gasteiger partial charge in [-0.25, -0.2) is 4.79 Å². The Morgan fingerprint density at radius 1 is 1.37 bits per heavy atom. The van der Waals surface area contributed by atoms with E-state index < -0.39 is 11.4 Å². The first-order valence-electron chi connectivity index (χ1n) is 7.11. The van der Waals surface area contributed by atoms with Crippen LogP contribution in [0.1, 0.15) is 47.0 Å². The van der Waals surface area contributed by atoms with Gasteiger partial charge in [0.15, 0.2) is 0 Å². The number of hydrogen-bond donors (Lipinski definition) is 2. The minimum absolute atomic E-state index is 0.0929. The third-order valence-electron chi connectivity index (χ3n) is 4.35. The van der Waals surface area contributed by atoms with Crippen LogP contribution in [0, 0.1) is 11.3 Å². The first-order valence-corrected chi connectivity index (χ1v) is 7.11. The molecular weight excluding hydrogens is 244 g/mol. The van der Waals surface area contributed by atoms with Crippen LogP contribution in [0.15, 0.2) is 0 Å². The average Bonchev–Trinajstić information content (AvgIpc) is 2.38. The Hall–Kier alpha value is -1.26. The normalized spacial score (nSPS) is 25.2. The number of rotatable bonds is 4. The maximum Gasteiger partial charge on any atom is 0.317 e. The van der Waals surface area contributed by atoms with Gasteiger partial charge in [-0.1, -0.05) is 20.8 Å². The van der Waals surface area contributed by atoms with Crippen molar-refractivity contribution in [3.8, 4) is 0 Å².